The van der Waals surface area contributed by atoms with Crippen LogP contribution in [0.25, 0.3) is 31.2 Å². The fraction of sp³-hybridized carbons (Fsp3) is 0.133. The van der Waals surface area contributed by atoms with E-state index in [2.05, 4.69) is 32.3 Å². The number of anilines is 2. The van der Waals surface area contributed by atoms with E-state index in [1.807, 2.05) is 12.1 Å². The van der Waals surface area contributed by atoms with Crippen LogP contribution in [0.1, 0.15) is 11.1 Å². The Labute approximate surface area is 264 Å². The van der Waals surface area contributed by atoms with E-state index in [1.165, 1.54) is 44.0 Å². The van der Waals surface area contributed by atoms with Gasteiger partial charge in [0.05, 0.1) is 21.6 Å². The summed E-state index contributed by atoms with van der Waals surface area (Å²) >= 11 is 4.68. The Morgan fingerprint density at radius 1 is 0.773 bits per heavy atom. The minimum absolute atomic E-state index is 0.0143. The van der Waals surface area contributed by atoms with Crippen LogP contribution in [0.4, 0.5) is 22.7 Å². The Morgan fingerprint density at radius 3 is 2.07 bits per heavy atom. The van der Waals surface area contributed by atoms with Gasteiger partial charge in [0.25, 0.3) is 11.4 Å². The number of nitro benzene ring substituents is 2. The number of nitrogens with zero attached hydrogens (tertiary/aromatic N) is 4. The number of thiophene rings is 2. The minimum Gasteiger partial charge on any atom is -0.398 e. The van der Waals surface area contributed by atoms with Crippen molar-refractivity contribution in [3.05, 3.63) is 103 Å². The summed E-state index contributed by atoms with van der Waals surface area (Å²) in [6, 6.07) is 21.3. The number of nitrogen functional groups attached to an aromatic ring is 2. The molecule has 10 nitrogen and oxygen atoms in total. The standard InChI is InChI=1S/C30H24N6O4S3Si/c31-22-6-4-19(35(37)38)14-17(22)9-12-44(13-10-18-15-20(36(39)40)5-7-23(18)32)26-8-11-41-29(26)30-27(44)16-25(42-30)21-2-1-3-24-28(21)34-43-33-24/h1-8,11,14-16H,9-10,12-13,31-32H2. The maximum Gasteiger partial charge on any atom is 0.269 e. The zero-order chi connectivity index (χ0) is 30.6. The number of benzene rings is 3. The molecule has 0 spiro atoms. The molecule has 0 saturated heterocycles. The maximum atomic E-state index is 11.6. The maximum absolute atomic E-state index is 11.6. The highest BCUT2D eigenvalue weighted by Crippen LogP contribution is 2.45. The second-order valence-corrected chi connectivity index (χ2v) is 17.6. The van der Waals surface area contributed by atoms with E-state index in [9.17, 15) is 20.2 Å². The van der Waals surface area contributed by atoms with E-state index >= 15 is 0 Å². The Morgan fingerprint density at radius 2 is 1.43 bits per heavy atom. The van der Waals surface area contributed by atoms with Gasteiger partial charge in [-0.05, 0) is 76.1 Å². The van der Waals surface area contributed by atoms with Gasteiger partial charge in [0.15, 0.2) is 0 Å². The molecule has 0 fully saturated rings. The summed E-state index contributed by atoms with van der Waals surface area (Å²) in [5, 5.41) is 27.9. The number of rotatable bonds is 9. The van der Waals surface area contributed by atoms with Crippen molar-refractivity contribution in [3.8, 4) is 20.2 Å². The van der Waals surface area contributed by atoms with Gasteiger partial charge >= 0.3 is 0 Å². The van der Waals surface area contributed by atoms with Crippen LogP contribution >= 0.6 is 34.4 Å². The third-order valence-corrected chi connectivity index (χ3v) is 16.7. The summed E-state index contributed by atoms with van der Waals surface area (Å²) in [5.41, 5.74) is 18.1. The second kappa shape index (κ2) is 10.9. The molecular weight excluding hydrogens is 633 g/mol. The first kappa shape index (κ1) is 28.3. The molecule has 7 rings (SSSR count). The Kier molecular flexibility index (Phi) is 7.00. The molecule has 0 saturated carbocycles. The third kappa shape index (κ3) is 4.66. The topological polar surface area (TPSA) is 164 Å². The smallest absolute Gasteiger partial charge is 0.269 e. The van der Waals surface area contributed by atoms with Crippen LogP contribution in [0.15, 0.2) is 72.1 Å². The van der Waals surface area contributed by atoms with E-state index in [4.69, 9.17) is 11.5 Å². The molecule has 0 bridgehead atoms. The van der Waals surface area contributed by atoms with Gasteiger partial charge in [-0.1, -0.05) is 18.2 Å². The molecule has 0 unspecified atom stereocenters. The van der Waals surface area contributed by atoms with Crippen LogP contribution in [0.3, 0.4) is 0 Å². The normalized spacial score (nSPS) is 13.2. The lowest BCUT2D eigenvalue weighted by Gasteiger charge is -2.29. The first-order valence-electron chi connectivity index (χ1n) is 13.7. The number of aryl methyl sites for hydroxylation is 2. The molecule has 3 aromatic heterocycles. The quantitative estimate of drug-likeness (QED) is 0.0771. The van der Waals surface area contributed by atoms with Gasteiger partial charge in [0.2, 0.25) is 0 Å². The van der Waals surface area contributed by atoms with Gasteiger partial charge in [-0.25, -0.2) is 0 Å². The molecule has 220 valence electrons. The van der Waals surface area contributed by atoms with Gasteiger partial charge in [-0.15, -0.1) is 22.7 Å². The highest BCUT2D eigenvalue weighted by Gasteiger charge is 2.47. The zero-order valence-corrected chi connectivity index (χ0v) is 26.5. The summed E-state index contributed by atoms with van der Waals surface area (Å²) in [4.78, 5) is 26.0. The van der Waals surface area contributed by atoms with Crippen molar-refractivity contribution in [2.75, 3.05) is 11.5 Å². The van der Waals surface area contributed by atoms with Crippen LogP contribution < -0.4 is 21.8 Å². The lowest BCUT2D eigenvalue weighted by Crippen LogP contribution is -2.55. The van der Waals surface area contributed by atoms with Crippen molar-refractivity contribution in [1.82, 2.24) is 8.75 Å². The second-order valence-electron chi connectivity index (χ2n) is 10.8. The van der Waals surface area contributed by atoms with Gasteiger partial charge in [-0.2, -0.15) is 8.75 Å². The molecule has 1 aliphatic heterocycles. The third-order valence-electron chi connectivity index (χ3n) is 8.50. The van der Waals surface area contributed by atoms with Crippen LogP contribution in [0, 0.1) is 20.2 Å². The minimum atomic E-state index is -2.55. The van der Waals surface area contributed by atoms with Crippen molar-refractivity contribution in [2.45, 2.75) is 24.9 Å². The molecule has 0 aliphatic carbocycles. The Bertz CT molecular complexity index is 2040. The zero-order valence-electron chi connectivity index (χ0n) is 23.1. The van der Waals surface area contributed by atoms with Crippen LogP contribution in [-0.2, 0) is 12.8 Å². The molecule has 14 heteroatoms. The monoisotopic (exact) mass is 656 g/mol. The predicted molar refractivity (Wildman–Crippen MR) is 181 cm³/mol. The summed E-state index contributed by atoms with van der Waals surface area (Å²) in [6.45, 7) is 0. The first-order chi connectivity index (χ1) is 21.2. The molecular formula is C30H24N6O4S3Si. The van der Waals surface area contributed by atoms with Gasteiger partial charge in [0.1, 0.15) is 19.1 Å². The van der Waals surface area contributed by atoms with Crippen molar-refractivity contribution in [3.63, 3.8) is 0 Å². The average Bonchev–Trinajstić information content (AvgIpc) is 3.80. The molecule has 44 heavy (non-hydrogen) atoms. The lowest BCUT2D eigenvalue weighted by molar-refractivity contribution is -0.385. The lowest BCUT2D eigenvalue weighted by atomic mass is 10.1. The van der Waals surface area contributed by atoms with Crippen molar-refractivity contribution in [2.24, 2.45) is 0 Å². The predicted octanol–water partition coefficient (Wildman–Crippen LogP) is 6.49. The van der Waals surface area contributed by atoms with E-state index in [0.717, 1.165) is 44.7 Å². The summed E-state index contributed by atoms with van der Waals surface area (Å²) < 4.78 is 9.01. The molecule has 3 aromatic carbocycles. The highest BCUT2D eigenvalue weighted by molar-refractivity contribution is 7.30. The SMILES string of the molecule is Nc1ccc([N+](=O)[O-])cc1CC[Si]1(CCc2cc([N+](=O)[O-])ccc2N)c2ccsc2-c2sc(-c3cccc4nsnc34)cc21. The number of fused-ring (bicyclic) bond motifs is 4. The molecule has 0 amide bonds. The van der Waals surface area contributed by atoms with Crippen molar-refractivity contribution >= 4 is 86.6 Å². The van der Waals surface area contributed by atoms with Crippen LogP contribution in [-0.4, -0.2) is 26.7 Å². The van der Waals surface area contributed by atoms with E-state index in [0.29, 0.717) is 24.2 Å². The number of hydrogen-bond donors (Lipinski definition) is 2. The molecule has 1 aliphatic rings. The van der Waals surface area contributed by atoms with Gasteiger partial charge < -0.3 is 11.5 Å². The number of non-ortho nitro benzene ring substituents is 2. The van der Waals surface area contributed by atoms with E-state index in [1.54, 1.807) is 46.9 Å². The first-order valence-corrected chi connectivity index (χ1v) is 18.6. The fourth-order valence-electron chi connectivity index (χ4n) is 6.26. The Balaban J connectivity index is 1.35. The molecule has 6 aromatic rings. The largest absolute Gasteiger partial charge is 0.398 e. The molecule has 4 N–H and O–H groups in total. The van der Waals surface area contributed by atoms with Crippen molar-refractivity contribution < 1.29 is 9.85 Å². The van der Waals surface area contributed by atoms with Crippen molar-refractivity contribution in [1.29, 1.82) is 0 Å². The highest BCUT2D eigenvalue weighted by atomic mass is 32.1. The average molecular weight is 657 g/mol. The summed E-state index contributed by atoms with van der Waals surface area (Å²) in [7, 11) is -2.55. The fourth-order valence-corrected chi connectivity index (χ4v) is 15.7. The number of nitro groups is 2. The number of nitrogens with two attached hydrogens (primary N) is 2. The number of hydrogen-bond acceptors (Lipinski definition) is 11. The van der Waals surface area contributed by atoms with Gasteiger partial charge in [-0.3, -0.25) is 20.2 Å². The van der Waals surface area contributed by atoms with E-state index in [-0.39, 0.29) is 11.4 Å². The van der Waals surface area contributed by atoms with E-state index < -0.39 is 17.9 Å². The molecule has 0 radical (unpaired) electrons. The molecule has 0 atom stereocenters. The summed E-state index contributed by atoms with van der Waals surface area (Å²) in [6.07, 6.45) is 1.13. The molecule has 4 heterocycles. The van der Waals surface area contributed by atoms with Gasteiger partial charge in [0, 0.05) is 55.8 Å². The Hall–Kier alpha value is -4.50. The van der Waals surface area contributed by atoms with Crippen LogP contribution in [0.5, 0.6) is 0 Å². The van der Waals surface area contributed by atoms with Crippen LogP contribution in [0.2, 0.25) is 12.1 Å². The number of aromatic nitrogens is 2. The summed E-state index contributed by atoms with van der Waals surface area (Å²) in [5.74, 6) is 0.